The van der Waals surface area contributed by atoms with Gasteiger partial charge in [0.25, 0.3) is 0 Å². The Balaban J connectivity index is 2.48. The summed E-state index contributed by atoms with van der Waals surface area (Å²) >= 11 is 0. The average molecular weight is 469 g/mol. The summed E-state index contributed by atoms with van der Waals surface area (Å²) in [5, 5.41) is 21.2. The fourth-order valence-corrected chi connectivity index (χ4v) is 5.02. The van der Waals surface area contributed by atoms with Gasteiger partial charge in [0.2, 0.25) is 0 Å². The highest BCUT2D eigenvalue weighted by molar-refractivity contribution is 5.98. The van der Waals surface area contributed by atoms with Crippen molar-refractivity contribution in [2.45, 2.75) is 104 Å². The number of hydrogen-bond acceptors (Lipinski definition) is 9. The van der Waals surface area contributed by atoms with E-state index in [2.05, 4.69) is 0 Å². The SMILES string of the molecule is CC(=O)OC(C)[C@@](C)(O)C(=O)O[C@@H]1CC[C@]2(C)CC(=O)C(C(C)(C)O)=C[C@H]2[C@]1(C)OC(C)=O. The van der Waals surface area contributed by atoms with E-state index >= 15 is 0 Å². The van der Waals surface area contributed by atoms with Gasteiger partial charge in [-0.2, -0.15) is 0 Å². The predicted molar refractivity (Wildman–Crippen MR) is 117 cm³/mol. The maximum Gasteiger partial charge on any atom is 0.342 e. The van der Waals surface area contributed by atoms with Crippen molar-refractivity contribution in [3.8, 4) is 0 Å². The standard InChI is InChI=1S/C24H36O9/c1-13(31-14(2)25)23(7,30)20(28)32-19-9-10-22(6)12-17(27)16(21(4,5)29)11-18(22)24(19,8)33-15(3)26/h11,13,18-19,29-30H,9-10,12H2,1-8H3/t13?,18-,19-,22-,23-,24+/m1/s1. The van der Waals surface area contributed by atoms with Gasteiger partial charge in [0.15, 0.2) is 17.0 Å². The Bertz CT molecular complexity index is 866. The van der Waals surface area contributed by atoms with E-state index in [4.69, 9.17) is 14.2 Å². The first-order valence-corrected chi connectivity index (χ1v) is 11.1. The molecule has 2 rings (SSSR count). The molecule has 0 aromatic carbocycles. The third-order valence-electron chi connectivity index (χ3n) is 7.00. The van der Waals surface area contributed by atoms with Crippen LogP contribution in [0.4, 0.5) is 0 Å². The number of carbonyl (C=O) groups is 4. The molecule has 2 aliphatic carbocycles. The van der Waals surface area contributed by atoms with E-state index in [1.807, 2.05) is 6.92 Å². The fraction of sp³-hybridized carbons (Fsp3) is 0.750. The molecular weight excluding hydrogens is 432 g/mol. The lowest BCUT2D eigenvalue weighted by molar-refractivity contribution is -0.223. The average Bonchev–Trinajstić information content (AvgIpc) is 2.61. The number of hydrogen-bond donors (Lipinski definition) is 2. The molecule has 9 heteroatoms. The second-order valence-electron chi connectivity index (χ2n) is 10.5. The number of esters is 3. The van der Waals surface area contributed by atoms with E-state index in [0.29, 0.717) is 6.42 Å². The van der Waals surface area contributed by atoms with Crippen molar-refractivity contribution in [2.75, 3.05) is 0 Å². The molecule has 0 amide bonds. The van der Waals surface area contributed by atoms with Crippen LogP contribution in [0.15, 0.2) is 11.6 Å². The van der Waals surface area contributed by atoms with Gasteiger partial charge in [0.1, 0.15) is 12.2 Å². The summed E-state index contributed by atoms with van der Waals surface area (Å²) in [6, 6.07) is 0. The van der Waals surface area contributed by atoms with Crippen LogP contribution in [-0.4, -0.2) is 62.9 Å². The molecule has 33 heavy (non-hydrogen) atoms. The molecule has 0 aliphatic heterocycles. The van der Waals surface area contributed by atoms with Gasteiger partial charge in [-0.25, -0.2) is 4.79 Å². The van der Waals surface area contributed by atoms with Gasteiger partial charge >= 0.3 is 17.9 Å². The number of carbonyl (C=O) groups excluding carboxylic acids is 4. The van der Waals surface area contributed by atoms with Gasteiger partial charge in [-0.15, -0.1) is 0 Å². The van der Waals surface area contributed by atoms with E-state index < -0.39 is 58.3 Å². The van der Waals surface area contributed by atoms with Crippen LogP contribution >= 0.6 is 0 Å². The van der Waals surface area contributed by atoms with Gasteiger partial charge in [0, 0.05) is 31.8 Å². The fourth-order valence-electron chi connectivity index (χ4n) is 5.02. The number of ketones is 1. The first-order valence-electron chi connectivity index (χ1n) is 11.1. The van der Waals surface area contributed by atoms with Crippen LogP contribution in [0.1, 0.15) is 74.7 Å². The van der Waals surface area contributed by atoms with E-state index in [1.165, 1.54) is 34.6 Å². The zero-order valence-corrected chi connectivity index (χ0v) is 20.7. The molecule has 0 aromatic heterocycles. The molecule has 0 aromatic rings. The Morgan fingerprint density at radius 2 is 1.70 bits per heavy atom. The molecule has 186 valence electrons. The first-order chi connectivity index (χ1) is 14.8. The number of ether oxygens (including phenoxy) is 3. The molecule has 0 radical (unpaired) electrons. The third kappa shape index (κ3) is 5.30. The Hall–Kier alpha value is -2.26. The van der Waals surface area contributed by atoms with Gasteiger partial charge < -0.3 is 24.4 Å². The first kappa shape index (κ1) is 27.0. The van der Waals surface area contributed by atoms with Crippen LogP contribution in [-0.2, 0) is 33.4 Å². The molecule has 1 fully saturated rings. The van der Waals surface area contributed by atoms with Gasteiger partial charge in [-0.1, -0.05) is 13.0 Å². The zero-order chi connectivity index (χ0) is 25.6. The Morgan fingerprint density at radius 3 is 2.18 bits per heavy atom. The van der Waals surface area contributed by atoms with Gasteiger partial charge in [-0.05, 0) is 52.9 Å². The lowest BCUT2D eigenvalue weighted by Gasteiger charge is -2.55. The minimum absolute atomic E-state index is 0.145. The van der Waals surface area contributed by atoms with Crippen molar-refractivity contribution >= 4 is 23.7 Å². The Morgan fingerprint density at radius 1 is 1.12 bits per heavy atom. The number of Topliss-reactive ketones (excluding diaryl/α,β-unsaturated/α-hetero) is 1. The second kappa shape index (κ2) is 8.83. The number of rotatable bonds is 6. The predicted octanol–water partition coefficient (Wildman–Crippen LogP) is 2.01. The molecule has 0 heterocycles. The highest BCUT2D eigenvalue weighted by Gasteiger charge is 2.60. The summed E-state index contributed by atoms with van der Waals surface area (Å²) in [7, 11) is 0. The second-order valence-corrected chi connectivity index (χ2v) is 10.5. The molecule has 2 N–H and O–H groups in total. The summed E-state index contributed by atoms with van der Waals surface area (Å²) in [4.78, 5) is 49.1. The van der Waals surface area contributed by atoms with E-state index in [0.717, 1.165) is 6.92 Å². The van der Waals surface area contributed by atoms with Crippen LogP contribution in [0.25, 0.3) is 0 Å². The van der Waals surface area contributed by atoms with Crippen molar-refractivity contribution in [3.63, 3.8) is 0 Å². The molecule has 0 spiro atoms. The van der Waals surface area contributed by atoms with Crippen molar-refractivity contribution in [3.05, 3.63) is 11.6 Å². The molecule has 1 saturated carbocycles. The minimum Gasteiger partial charge on any atom is -0.459 e. The molecule has 6 atom stereocenters. The van der Waals surface area contributed by atoms with Gasteiger partial charge in [-0.3, -0.25) is 14.4 Å². The molecule has 9 nitrogen and oxygen atoms in total. The number of fused-ring (bicyclic) bond motifs is 1. The van der Waals surface area contributed by atoms with Crippen molar-refractivity contribution in [1.29, 1.82) is 0 Å². The van der Waals surface area contributed by atoms with Crippen molar-refractivity contribution in [2.24, 2.45) is 11.3 Å². The normalized spacial score (nSPS) is 32.5. The lowest BCUT2D eigenvalue weighted by atomic mass is 9.54. The van der Waals surface area contributed by atoms with Crippen molar-refractivity contribution < 1.29 is 43.6 Å². The largest absolute Gasteiger partial charge is 0.459 e. The van der Waals surface area contributed by atoms with Crippen molar-refractivity contribution in [1.82, 2.24) is 0 Å². The van der Waals surface area contributed by atoms with Crippen LogP contribution in [0.2, 0.25) is 0 Å². The highest BCUT2D eigenvalue weighted by atomic mass is 16.6. The quantitative estimate of drug-likeness (QED) is 0.443. The molecule has 0 saturated heterocycles. The smallest absolute Gasteiger partial charge is 0.342 e. The summed E-state index contributed by atoms with van der Waals surface area (Å²) in [6.45, 7) is 11.5. The minimum atomic E-state index is -2.14. The van der Waals surface area contributed by atoms with Crippen LogP contribution in [0.5, 0.6) is 0 Å². The monoisotopic (exact) mass is 468 g/mol. The zero-order valence-electron chi connectivity index (χ0n) is 20.7. The Labute approximate surface area is 194 Å². The van der Waals surface area contributed by atoms with Crippen LogP contribution in [0.3, 0.4) is 0 Å². The lowest BCUT2D eigenvalue weighted by Crippen LogP contribution is -2.62. The number of aliphatic hydroxyl groups is 2. The van der Waals surface area contributed by atoms with Gasteiger partial charge in [0.05, 0.1) is 5.60 Å². The third-order valence-corrected chi connectivity index (χ3v) is 7.00. The molecule has 2 aliphatic rings. The maximum atomic E-state index is 12.9. The highest BCUT2D eigenvalue weighted by Crippen LogP contribution is 2.55. The Kier molecular flexibility index (Phi) is 7.22. The van der Waals surface area contributed by atoms with Crippen LogP contribution < -0.4 is 0 Å². The maximum absolute atomic E-state index is 12.9. The summed E-state index contributed by atoms with van der Waals surface area (Å²) < 4.78 is 16.4. The molecule has 1 unspecified atom stereocenters. The summed E-state index contributed by atoms with van der Waals surface area (Å²) in [5.41, 5.74) is -5.28. The van der Waals surface area contributed by atoms with E-state index in [-0.39, 0.29) is 24.2 Å². The summed E-state index contributed by atoms with van der Waals surface area (Å²) in [5.74, 6) is -3.01. The van der Waals surface area contributed by atoms with E-state index in [9.17, 15) is 29.4 Å². The molecule has 0 bridgehead atoms. The van der Waals surface area contributed by atoms with Crippen LogP contribution in [0, 0.1) is 11.3 Å². The summed E-state index contributed by atoms with van der Waals surface area (Å²) in [6.07, 6.45) is 0.413. The molecular formula is C24H36O9. The topological polar surface area (TPSA) is 136 Å². The van der Waals surface area contributed by atoms with E-state index in [1.54, 1.807) is 13.0 Å².